The Balaban J connectivity index is 0.00000312. The number of benzene rings is 1. The molecule has 2 rings (SSSR count). The molecule has 1 fully saturated rings. The van der Waals surface area contributed by atoms with Crippen LogP contribution in [0.1, 0.15) is 32.1 Å². The van der Waals surface area contributed by atoms with E-state index in [-0.39, 0.29) is 23.2 Å². The van der Waals surface area contributed by atoms with E-state index in [9.17, 15) is 13.2 Å². The molecule has 1 aliphatic carbocycles. The number of carbonyl (C=O) groups is 1. The third-order valence-corrected chi connectivity index (χ3v) is 5.56. The van der Waals surface area contributed by atoms with E-state index in [1.165, 1.54) is 18.4 Å². The summed E-state index contributed by atoms with van der Waals surface area (Å²) in [7, 11) is -1.42. The Bertz CT molecular complexity index is 670. The van der Waals surface area contributed by atoms with Gasteiger partial charge in [0.05, 0.1) is 17.0 Å². The van der Waals surface area contributed by atoms with Crippen molar-refractivity contribution in [3.8, 4) is 5.75 Å². The summed E-state index contributed by atoms with van der Waals surface area (Å²) in [6.07, 6.45) is 5.42. The molecule has 0 aliphatic heterocycles. The highest BCUT2D eigenvalue weighted by Gasteiger charge is 2.38. The van der Waals surface area contributed by atoms with Crippen molar-refractivity contribution in [1.82, 2.24) is 4.90 Å². The summed E-state index contributed by atoms with van der Waals surface area (Å²) >= 11 is 0. The minimum absolute atomic E-state index is 0. The summed E-state index contributed by atoms with van der Waals surface area (Å²) in [6, 6.07) is 6.33. The first-order valence-electron chi connectivity index (χ1n) is 8.20. The average Bonchev–Trinajstić information content (AvgIpc) is 2.98. The Hall–Kier alpha value is -1.31. The van der Waals surface area contributed by atoms with Gasteiger partial charge in [0, 0.05) is 19.8 Å². The maximum absolute atomic E-state index is 12.4. The van der Waals surface area contributed by atoms with Crippen LogP contribution in [-0.2, 0) is 14.6 Å². The van der Waals surface area contributed by atoms with Gasteiger partial charge in [-0.25, -0.2) is 8.42 Å². The Kier molecular flexibility index (Phi) is 7.71. The zero-order valence-electron chi connectivity index (χ0n) is 14.7. The van der Waals surface area contributed by atoms with E-state index in [0.29, 0.717) is 25.3 Å². The molecule has 0 atom stereocenters. The van der Waals surface area contributed by atoms with Crippen molar-refractivity contribution in [3.05, 3.63) is 24.3 Å². The highest BCUT2D eigenvalue weighted by Crippen LogP contribution is 2.28. The molecule has 1 aliphatic rings. The van der Waals surface area contributed by atoms with Crippen LogP contribution >= 0.6 is 12.4 Å². The van der Waals surface area contributed by atoms with Gasteiger partial charge in [0.25, 0.3) is 0 Å². The first-order chi connectivity index (χ1) is 11.2. The molecule has 2 N–H and O–H groups in total. The summed E-state index contributed by atoms with van der Waals surface area (Å²) in [5.74, 6) is 0.625. The normalized spacial score (nSPS) is 16.1. The smallest absolute Gasteiger partial charge is 0.242 e. The average molecular weight is 391 g/mol. The summed E-state index contributed by atoms with van der Waals surface area (Å²) in [5, 5.41) is 0. The second kappa shape index (κ2) is 8.87. The van der Waals surface area contributed by atoms with Crippen molar-refractivity contribution in [2.45, 2.75) is 42.5 Å². The number of ether oxygens (including phenoxy) is 1. The van der Waals surface area contributed by atoms with Gasteiger partial charge in [0.2, 0.25) is 5.91 Å². The maximum Gasteiger partial charge on any atom is 0.242 e. The number of likely N-dealkylation sites (N-methyl/N-ethyl adjacent to an activating group) is 1. The number of rotatable bonds is 7. The monoisotopic (exact) mass is 390 g/mol. The van der Waals surface area contributed by atoms with Crippen LogP contribution < -0.4 is 10.5 Å². The first kappa shape index (κ1) is 21.7. The van der Waals surface area contributed by atoms with Crippen LogP contribution in [0.3, 0.4) is 0 Å². The van der Waals surface area contributed by atoms with Gasteiger partial charge in [-0.05, 0) is 43.5 Å². The highest BCUT2D eigenvalue weighted by atomic mass is 35.5. The first-order valence-corrected chi connectivity index (χ1v) is 10.1. The van der Waals surface area contributed by atoms with Crippen molar-refractivity contribution in [2.24, 2.45) is 5.73 Å². The van der Waals surface area contributed by atoms with Gasteiger partial charge in [-0.15, -0.1) is 12.4 Å². The van der Waals surface area contributed by atoms with Gasteiger partial charge in [0.1, 0.15) is 5.75 Å². The molecule has 0 saturated heterocycles. The second-order valence-corrected chi connectivity index (χ2v) is 8.55. The van der Waals surface area contributed by atoms with E-state index < -0.39 is 15.4 Å². The van der Waals surface area contributed by atoms with Crippen molar-refractivity contribution in [1.29, 1.82) is 0 Å². The van der Waals surface area contributed by atoms with E-state index in [1.54, 1.807) is 24.1 Å². The number of halogens is 1. The molecule has 1 saturated carbocycles. The molecule has 142 valence electrons. The second-order valence-electron chi connectivity index (χ2n) is 6.54. The molecule has 0 spiro atoms. The van der Waals surface area contributed by atoms with E-state index in [0.717, 1.165) is 25.7 Å². The lowest BCUT2D eigenvalue weighted by atomic mass is 9.97. The van der Waals surface area contributed by atoms with Crippen molar-refractivity contribution in [2.75, 3.05) is 26.5 Å². The Morgan fingerprint density at radius 3 is 2.32 bits per heavy atom. The topological polar surface area (TPSA) is 89.7 Å². The molecule has 6 nitrogen and oxygen atoms in total. The molecule has 0 heterocycles. The number of amides is 1. The largest absolute Gasteiger partial charge is 0.494 e. The molecular formula is C17H27ClN2O4S. The van der Waals surface area contributed by atoms with Crippen LogP contribution in [0.5, 0.6) is 5.75 Å². The molecule has 1 aromatic carbocycles. The number of sulfone groups is 1. The van der Waals surface area contributed by atoms with Crippen LogP contribution in [0.15, 0.2) is 29.2 Å². The van der Waals surface area contributed by atoms with Gasteiger partial charge in [-0.2, -0.15) is 0 Å². The third kappa shape index (κ3) is 5.87. The van der Waals surface area contributed by atoms with Crippen LogP contribution in [0.2, 0.25) is 0 Å². The molecule has 0 aromatic heterocycles. The summed E-state index contributed by atoms with van der Waals surface area (Å²) in [5.41, 5.74) is 5.49. The van der Waals surface area contributed by atoms with Gasteiger partial charge in [-0.1, -0.05) is 12.8 Å². The quantitative estimate of drug-likeness (QED) is 0.719. The fourth-order valence-corrected chi connectivity index (χ4v) is 3.61. The number of nitrogens with zero attached hydrogens (tertiary/aromatic N) is 1. The van der Waals surface area contributed by atoms with Gasteiger partial charge < -0.3 is 15.4 Å². The standard InChI is InChI=1S/C17H26N2O4S.ClH/c1-19(16(20)17(18)10-3-4-11-17)12-5-13-23-14-6-8-15(9-7-14)24(2,21)22;/h6-9H,3-5,10-13,18H2,1-2H3;1H. The van der Waals surface area contributed by atoms with Gasteiger partial charge in [-0.3, -0.25) is 4.79 Å². The number of hydrogen-bond acceptors (Lipinski definition) is 5. The van der Waals surface area contributed by atoms with E-state index >= 15 is 0 Å². The van der Waals surface area contributed by atoms with Crippen LogP contribution in [0, 0.1) is 0 Å². The predicted octanol–water partition coefficient (Wildman–Crippen LogP) is 2.01. The van der Waals surface area contributed by atoms with Crippen LogP contribution in [-0.4, -0.2) is 51.2 Å². The molecule has 1 aromatic rings. The lowest BCUT2D eigenvalue weighted by molar-refractivity contribution is -0.135. The molecule has 8 heteroatoms. The lowest BCUT2D eigenvalue weighted by Gasteiger charge is -2.28. The number of nitrogens with two attached hydrogens (primary N) is 1. The Morgan fingerprint density at radius 1 is 1.24 bits per heavy atom. The van der Waals surface area contributed by atoms with Crippen LogP contribution in [0.4, 0.5) is 0 Å². The summed E-state index contributed by atoms with van der Waals surface area (Å²) in [6.45, 7) is 1.03. The maximum atomic E-state index is 12.4. The Morgan fingerprint density at radius 2 is 1.80 bits per heavy atom. The molecule has 25 heavy (non-hydrogen) atoms. The number of hydrogen-bond donors (Lipinski definition) is 1. The molecule has 0 bridgehead atoms. The third-order valence-electron chi connectivity index (χ3n) is 4.43. The van der Waals surface area contributed by atoms with E-state index in [4.69, 9.17) is 10.5 Å². The van der Waals surface area contributed by atoms with Crippen molar-refractivity contribution < 1.29 is 17.9 Å². The molecule has 0 unspecified atom stereocenters. The fourth-order valence-electron chi connectivity index (χ4n) is 2.98. The minimum Gasteiger partial charge on any atom is -0.494 e. The molecule has 0 radical (unpaired) electrons. The summed E-state index contributed by atoms with van der Waals surface area (Å²) in [4.78, 5) is 14.3. The minimum atomic E-state index is -3.19. The van der Waals surface area contributed by atoms with Gasteiger partial charge >= 0.3 is 0 Å². The van der Waals surface area contributed by atoms with Crippen LogP contribution in [0.25, 0.3) is 0 Å². The number of carbonyl (C=O) groups excluding carboxylic acids is 1. The van der Waals surface area contributed by atoms with E-state index in [2.05, 4.69) is 0 Å². The zero-order chi connectivity index (χ0) is 17.8. The zero-order valence-corrected chi connectivity index (χ0v) is 16.4. The molecular weight excluding hydrogens is 364 g/mol. The van der Waals surface area contributed by atoms with E-state index in [1.807, 2.05) is 0 Å². The Labute approximate surface area is 156 Å². The summed E-state index contributed by atoms with van der Waals surface area (Å²) < 4.78 is 28.4. The fraction of sp³-hybridized carbons (Fsp3) is 0.588. The van der Waals surface area contributed by atoms with Crippen molar-refractivity contribution in [3.63, 3.8) is 0 Å². The predicted molar refractivity (Wildman–Crippen MR) is 99.9 cm³/mol. The highest BCUT2D eigenvalue weighted by molar-refractivity contribution is 7.90. The van der Waals surface area contributed by atoms with Gasteiger partial charge in [0.15, 0.2) is 9.84 Å². The van der Waals surface area contributed by atoms with Crippen molar-refractivity contribution >= 4 is 28.2 Å². The lowest BCUT2D eigenvalue weighted by Crippen LogP contribution is -2.52. The SMILES string of the molecule is CN(CCCOc1ccc(S(C)(=O)=O)cc1)C(=O)C1(N)CCCC1.Cl. The molecule has 1 amide bonds.